The number of fused-ring (bicyclic) bond motifs is 1. The number of methoxy groups -OCH3 is 2. The number of Topliss-reactive ketones (excluding diaryl/α,β-unsaturated/α-hetero) is 1. The summed E-state index contributed by atoms with van der Waals surface area (Å²) in [4.78, 5) is 32.5. The molecule has 0 amide bonds. The Balaban J connectivity index is 0.000000162. The van der Waals surface area contributed by atoms with Crippen molar-refractivity contribution in [2.24, 2.45) is 29.1 Å². The van der Waals surface area contributed by atoms with Crippen molar-refractivity contribution in [1.29, 1.82) is 0 Å². The molecule has 0 spiro atoms. The van der Waals surface area contributed by atoms with Gasteiger partial charge < -0.3 is 39.5 Å². The van der Waals surface area contributed by atoms with Gasteiger partial charge in [0, 0.05) is 34.6 Å². The number of likely N-dealkylation sites (tertiary alicyclic amines) is 1. The van der Waals surface area contributed by atoms with Crippen molar-refractivity contribution in [2.75, 3.05) is 77.0 Å². The summed E-state index contributed by atoms with van der Waals surface area (Å²) in [5.41, 5.74) is 18.7. The average Bonchev–Trinajstić information content (AvgIpc) is 1.75. The third-order valence-corrected chi connectivity index (χ3v) is 26.2. The number of aryl methyl sites for hydroxylation is 2. The van der Waals surface area contributed by atoms with Crippen molar-refractivity contribution in [1.82, 2.24) is 24.8 Å². The Bertz CT molecular complexity index is 4610. The van der Waals surface area contributed by atoms with Gasteiger partial charge in [-0.3, -0.25) is 4.79 Å². The summed E-state index contributed by atoms with van der Waals surface area (Å²) < 4.78 is 36.3. The van der Waals surface area contributed by atoms with E-state index in [1.807, 2.05) is 42.5 Å². The molecule has 107 heavy (non-hydrogen) atoms. The molecule has 5 aliphatic rings. The molecule has 6 aromatic carbocycles. The molecule has 13 rings (SSSR count). The van der Waals surface area contributed by atoms with Crippen LogP contribution in [-0.2, 0) is 41.2 Å². The zero-order chi connectivity index (χ0) is 76.3. The summed E-state index contributed by atoms with van der Waals surface area (Å²) in [5, 5.41) is 11.8. The molecular formula is C90H114Cl2N8O5P2. The summed E-state index contributed by atoms with van der Waals surface area (Å²) in [7, 11) is 0.535. The smallest absolute Gasteiger partial charge is 0.229 e. The van der Waals surface area contributed by atoms with E-state index in [1.54, 1.807) is 93.1 Å². The number of rotatable bonds is 21. The van der Waals surface area contributed by atoms with E-state index in [1.165, 1.54) is 99.1 Å². The van der Waals surface area contributed by atoms with Gasteiger partial charge in [-0.15, -0.1) is 0 Å². The molecule has 0 bridgehead atoms. The molecule has 568 valence electrons. The number of nitrogens with one attached hydrogen (secondary N) is 3. The quantitative estimate of drug-likeness (QED) is 0.0584. The number of anilines is 6. The maximum absolute atomic E-state index is 12.7. The Kier molecular flexibility index (Phi) is 27.1. The fraction of sp³-hybridized carbons (Fsp3) is 0.456. The van der Waals surface area contributed by atoms with Crippen molar-refractivity contribution in [3.8, 4) is 11.5 Å². The molecule has 8 aromatic rings. The first-order valence-corrected chi connectivity index (χ1v) is 44.9. The summed E-state index contributed by atoms with van der Waals surface area (Å²) in [6.45, 7) is 25.8. The Morgan fingerprint density at radius 1 is 0.607 bits per heavy atom. The van der Waals surface area contributed by atoms with Gasteiger partial charge in [-0.25, -0.2) is 15.0 Å². The lowest BCUT2D eigenvalue weighted by molar-refractivity contribution is 0.0995. The Morgan fingerprint density at radius 2 is 1.25 bits per heavy atom. The monoisotopic (exact) mass is 1520 g/mol. The first-order chi connectivity index (χ1) is 51.1. The number of carbonyl (C=O) groups is 1. The second-order valence-electron chi connectivity index (χ2n) is 33.0. The van der Waals surface area contributed by atoms with Crippen LogP contribution in [0, 0.1) is 36.0 Å². The number of carbonyl (C=O) groups excluding carboxylic acids is 1. The van der Waals surface area contributed by atoms with Crippen LogP contribution in [0.3, 0.4) is 0 Å². The van der Waals surface area contributed by atoms with Crippen molar-refractivity contribution in [3.05, 3.63) is 222 Å². The average molecular weight is 1520 g/mol. The Morgan fingerprint density at radius 3 is 1.93 bits per heavy atom. The lowest BCUT2D eigenvalue weighted by Gasteiger charge is -2.37. The van der Waals surface area contributed by atoms with Gasteiger partial charge in [0.25, 0.3) is 0 Å². The molecule has 13 nitrogen and oxygen atoms in total. The van der Waals surface area contributed by atoms with Gasteiger partial charge in [0.2, 0.25) is 5.95 Å². The number of nitrogens with zero attached hydrogens (tertiary/aromatic N) is 5. The van der Waals surface area contributed by atoms with Gasteiger partial charge in [-0.1, -0.05) is 168 Å². The Hall–Kier alpha value is -7.37. The molecule has 0 unspecified atom stereocenters. The lowest BCUT2D eigenvalue weighted by atomic mass is 9.68. The number of hydrogen-bond donors (Lipinski definition) is 3. The number of piperidine rings is 1. The van der Waals surface area contributed by atoms with E-state index < -0.39 is 14.3 Å². The summed E-state index contributed by atoms with van der Waals surface area (Å²) in [6.07, 6.45) is 29.3. The molecular weight excluding hydrogens is 1410 g/mol. The molecule has 0 radical (unpaired) electrons. The number of ether oxygens (including phenoxy) is 2. The SMILES string of the molecule is COc1cc(C2CCN(C)CC2)ccc1Cc1ncc(Cl)c(Nc2ccccc2P(C)(C)=O)n1.COc1cc(P(C)(C)=O)ccc1Nc1ncc(Cl)c(Nc2cccc3c2C(=O)CC3)n1.Cc1ccc(Cc2ccc(C3CCC(C4CCC(C)CC4)CC3)cc2CC(C)C)cc1CC1=C(C(C)(C)C)C=CCC1. The van der Waals surface area contributed by atoms with E-state index in [9.17, 15) is 13.9 Å². The number of para-hydroxylation sites is 1. The van der Waals surface area contributed by atoms with Crippen LogP contribution in [0.15, 0.2) is 151 Å². The van der Waals surface area contributed by atoms with Crippen LogP contribution >= 0.6 is 37.5 Å². The lowest BCUT2D eigenvalue weighted by Crippen LogP contribution is -2.29. The zero-order valence-corrected chi connectivity index (χ0v) is 69.1. The minimum absolute atomic E-state index is 0.107. The molecule has 3 N–H and O–H groups in total. The molecule has 2 saturated carbocycles. The van der Waals surface area contributed by atoms with Crippen molar-refractivity contribution in [3.63, 3.8) is 0 Å². The van der Waals surface area contributed by atoms with Crippen LogP contribution < -0.4 is 36.0 Å². The minimum Gasteiger partial charge on any atom is -0.496 e. The predicted molar refractivity (Wildman–Crippen MR) is 449 cm³/mol. The van der Waals surface area contributed by atoms with Gasteiger partial charge in [-0.2, -0.15) is 4.98 Å². The molecule has 1 aliphatic heterocycles. The fourth-order valence-electron chi connectivity index (χ4n) is 16.5. The van der Waals surface area contributed by atoms with Crippen LogP contribution in [0.5, 0.6) is 11.5 Å². The number of allylic oxidation sites excluding steroid dienone is 4. The highest BCUT2D eigenvalue weighted by molar-refractivity contribution is 7.70. The fourth-order valence-corrected chi connectivity index (χ4v) is 18.8. The van der Waals surface area contributed by atoms with E-state index in [0.717, 1.165) is 102 Å². The maximum Gasteiger partial charge on any atom is 0.229 e. The summed E-state index contributed by atoms with van der Waals surface area (Å²) in [6, 6.07) is 40.0. The van der Waals surface area contributed by atoms with Gasteiger partial charge >= 0.3 is 0 Å². The second kappa shape index (κ2) is 36.0. The molecule has 3 heterocycles. The number of aromatic nitrogens is 4. The summed E-state index contributed by atoms with van der Waals surface area (Å²) in [5.74, 6) is 8.30. The molecule has 2 aromatic heterocycles. The third-order valence-electron chi connectivity index (χ3n) is 22.6. The third kappa shape index (κ3) is 21.4. The van der Waals surface area contributed by atoms with Gasteiger partial charge in [0.05, 0.1) is 43.7 Å². The van der Waals surface area contributed by atoms with Crippen molar-refractivity contribution in [2.45, 2.75) is 176 Å². The highest BCUT2D eigenvalue weighted by Gasteiger charge is 2.32. The number of benzene rings is 6. The predicted octanol–water partition coefficient (Wildman–Crippen LogP) is 22.7. The van der Waals surface area contributed by atoms with E-state index >= 15 is 0 Å². The van der Waals surface area contributed by atoms with E-state index in [4.69, 9.17) is 32.7 Å². The molecule has 17 heteroatoms. The van der Waals surface area contributed by atoms with Gasteiger partial charge in [0.1, 0.15) is 41.7 Å². The number of ketones is 1. The Labute approximate surface area is 648 Å². The van der Waals surface area contributed by atoms with Crippen molar-refractivity contribution < 1.29 is 23.4 Å². The first-order valence-electron chi connectivity index (χ1n) is 38.9. The standard InChI is InChI=1S/C42H60.C26H32ClN4O2P.C22H22ClN4O3P/c1-29(2)24-40-27-37(35-20-18-34(19-21-35)33-16-12-30(3)13-17-33)23-22-36(40)25-32-15-14-31(4)39(26-32)28-38-10-8-9-11-41(38)42(5,6)7;1-31-13-11-18(12-14-31)19-9-10-20(23(15-19)33-2)16-25-28-17-21(27)26(30-25)29-22-7-5-6-8-24(22)34(3,4)32;1-30-19-11-14(31(2,3)29)8-9-16(19)26-22-24-12-15(23)21(27-22)25-17-6-4-5-13-7-10-18(28)20(13)17/h9,11,14-15,22-23,26-27,29-30,33-35H,8,10,12-13,16-21,24-25,28H2,1-7H3;5-10,15,17-18H,11-14,16H2,1-4H3,(H,28,29,30);4-6,8-9,11-12H,7,10H2,1-3H3,(H2,24,25,26,27). The topological polar surface area (TPSA) is 161 Å². The van der Waals surface area contributed by atoms with E-state index in [2.05, 4.69) is 163 Å². The number of halogens is 2. The van der Waals surface area contributed by atoms with Crippen LogP contribution in [0.2, 0.25) is 10.0 Å². The van der Waals surface area contributed by atoms with Crippen LogP contribution in [-0.4, -0.2) is 91.6 Å². The first kappa shape index (κ1) is 80.6. The highest BCUT2D eigenvalue weighted by atomic mass is 35.5. The zero-order valence-electron chi connectivity index (χ0n) is 65.8. The largest absolute Gasteiger partial charge is 0.496 e. The van der Waals surface area contributed by atoms with Crippen LogP contribution in [0.25, 0.3) is 0 Å². The molecule has 1 saturated heterocycles. The molecule has 0 atom stereocenters. The van der Waals surface area contributed by atoms with E-state index in [-0.39, 0.29) is 11.2 Å². The maximum atomic E-state index is 12.7. The van der Waals surface area contributed by atoms with Crippen molar-refractivity contribution >= 4 is 88.5 Å². The minimum atomic E-state index is -2.47. The number of hydrogen-bond acceptors (Lipinski definition) is 13. The van der Waals surface area contributed by atoms with Gasteiger partial charge in [0.15, 0.2) is 17.4 Å². The summed E-state index contributed by atoms with van der Waals surface area (Å²) >= 11 is 12.7. The molecule has 3 fully saturated rings. The van der Waals surface area contributed by atoms with Crippen LogP contribution in [0.1, 0.15) is 203 Å². The van der Waals surface area contributed by atoms with E-state index in [0.29, 0.717) is 80.8 Å². The van der Waals surface area contributed by atoms with Gasteiger partial charge in [-0.05, 0) is 277 Å². The second-order valence-corrected chi connectivity index (χ2v) is 40.2. The highest BCUT2D eigenvalue weighted by Crippen LogP contribution is 2.46. The normalized spacial score (nSPS) is 18.6. The van der Waals surface area contributed by atoms with Crippen LogP contribution in [0.4, 0.5) is 34.6 Å². The molecule has 4 aliphatic carbocycles.